The Morgan fingerprint density at radius 2 is 2.30 bits per heavy atom. The van der Waals surface area contributed by atoms with Gasteiger partial charge in [-0.2, -0.15) is 5.10 Å². The van der Waals surface area contributed by atoms with Crippen LogP contribution in [0, 0.1) is 0 Å². The fourth-order valence-electron chi connectivity index (χ4n) is 0.438. The lowest BCUT2D eigenvalue weighted by Gasteiger charge is -1.84. The fourth-order valence-corrected chi connectivity index (χ4v) is 0.438. The van der Waals surface area contributed by atoms with Crippen molar-refractivity contribution in [2.24, 2.45) is 0 Å². The number of hydrogen-bond acceptors (Lipinski definition) is 3. The Kier molecular flexibility index (Phi) is 1.70. The molecule has 0 fully saturated rings. The Labute approximate surface area is 54.3 Å². The number of aromatic nitrogens is 3. The van der Waals surface area contributed by atoms with Crippen LogP contribution in [0.2, 0.25) is 0 Å². The normalized spacial score (nSPS) is 10.3. The predicted octanol–water partition coefficient (Wildman–Crippen LogP) is 0.555. The van der Waals surface area contributed by atoms with E-state index in [2.05, 4.69) is 10.1 Å². The van der Waals surface area contributed by atoms with Gasteiger partial charge in [-0.15, -0.1) is 0 Å². The lowest BCUT2D eigenvalue weighted by molar-refractivity contribution is 0.111. The Balaban J connectivity index is 2.88. The molecule has 4 nitrogen and oxygen atoms in total. The molecule has 1 aromatic heterocycles. The summed E-state index contributed by atoms with van der Waals surface area (Å²) in [5.74, 6) is -0.836. The zero-order valence-electron chi connectivity index (χ0n) is 4.71. The van der Waals surface area contributed by atoms with Crippen molar-refractivity contribution in [2.45, 2.75) is 6.43 Å². The molecule has 54 valence electrons. The van der Waals surface area contributed by atoms with Crippen LogP contribution in [0.4, 0.5) is 8.78 Å². The van der Waals surface area contributed by atoms with Gasteiger partial charge in [-0.05, 0) is 0 Å². The molecule has 1 heterocycles. The second kappa shape index (κ2) is 2.51. The first-order valence-corrected chi connectivity index (χ1v) is 2.39. The Morgan fingerprint density at radius 3 is 2.60 bits per heavy atom. The molecule has 0 amide bonds. The lowest BCUT2D eigenvalue weighted by atomic mass is 10.6. The van der Waals surface area contributed by atoms with Crippen molar-refractivity contribution < 1.29 is 13.6 Å². The topological polar surface area (TPSA) is 58.6 Å². The number of alkyl halides is 2. The van der Waals surface area contributed by atoms with Crippen molar-refractivity contribution in [3.05, 3.63) is 11.6 Å². The molecular weight excluding hydrogens is 144 g/mol. The van der Waals surface area contributed by atoms with Crippen LogP contribution < -0.4 is 0 Å². The van der Waals surface area contributed by atoms with Gasteiger partial charge in [0, 0.05) is 0 Å². The first-order chi connectivity index (χ1) is 4.74. The highest BCUT2D eigenvalue weighted by Gasteiger charge is 2.12. The molecule has 0 saturated heterocycles. The molecule has 10 heavy (non-hydrogen) atoms. The summed E-state index contributed by atoms with van der Waals surface area (Å²) in [6, 6.07) is 0. The highest BCUT2D eigenvalue weighted by molar-refractivity contribution is 5.68. The van der Waals surface area contributed by atoms with Gasteiger partial charge in [0.05, 0.1) is 0 Å². The molecule has 0 unspecified atom stereocenters. The van der Waals surface area contributed by atoms with Gasteiger partial charge in [0.15, 0.2) is 12.1 Å². The molecular formula is C4H3F2N3O. The van der Waals surface area contributed by atoms with Crippen LogP contribution in [-0.2, 0) is 0 Å². The van der Waals surface area contributed by atoms with E-state index in [9.17, 15) is 13.6 Å². The van der Waals surface area contributed by atoms with E-state index in [1.165, 1.54) is 0 Å². The van der Waals surface area contributed by atoms with Crippen LogP contribution >= 0.6 is 0 Å². The van der Waals surface area contributed by atoms with Crippen molar-refractivity contribution in [3.8, 4) is 0 Å². The van der Waals surface area contributed by atoms with E-state index in [-0.39, 0.29) is 5.82 Å². The first-order valence-electron chi connectivity index (χ1n) is 2.39. The van der Waals surface area contributed by atoms with E-state index in [4.69, 9.17) is 0 Å². The number of carbonyl (C=O) groups is 1. The molecule has 1 N–H and O–H groups in total. The minimum atomic E-state index is -2.73. The third-order valence-electron chi connectivity index (χ3n) is 0.827. The molecule has 0 radical (unpaired) electrons. The number of H-pyrrole nitrogens is 1. The number of carbonyl (C=O) groups excluding carboxylic acids is 1. The third kappa shape index (κ3) is 1.15. The Morgan fingerprint density at radius 1 is 1.60 bits per heavy atom. The maximum absolute atomic E-state index is 11.7. The quantitative estimate of drug-likeness (QED) is 0.621. The number of rotatable bonds is 2. The average molecular weight is 147 g/mol. The molecule has 0 aliphatic heterocycles. The largest absolute Gasteiger partial charge is 0.299 e. The van der Waals surface area contributed by atoms with E-state index in [1.807, 2.05) is 5.10 Å². The Hall–Kier alpha value is -1.33. The van der Waals surface area contributed by atoms with Gasteiger partial charge in [-0.1, -0.05) is 0 Å². The van der Waals surface area contributed by atoms with Gasteiger partial charge in [0.2, 0.25) is 5.82 Å². The molecule has 1 aromatic rings. The highest BCUT2D eigenvalue weighted by atomic mass is 19.3. The van der Waals surface area contributed by atoms with Crippen molar-refractivity contribution in [2.75, 3.05) is 0 Å². The molecule has 0 spiro atoms. The molecule has 0 atom stereocenters. The van der Waals surface area contributed by atoms with Crippen LogP contribution in [0.1, 0.15) is 22.9 Å². The maximum atomic E-state index is 11.7. The number of hydrogen-bond donors (Lipinski definition) is 1. The summed E-state index contributed by atoms with van der Waals surface area (Å²) >= 11 is 0. The summed E-state index contributed by atoms with van der Waals surface area (Å²) in [7, 11) is 0. The van der Waals surface area contributed by atoms with Gasteiger partial charge in [-0.25, -0.2) is 13.8 Å². The minimum Gasteiger partial charge on any atom is -0.294 e. The average Bonchev–Trinajstić information content (AvgIpc) is 2.34. The molecule has 0 saturated carbocycles. The summed E-state index contributed by atoms with van der Waals surface area (Å²) in [5.41, 5.74) is 0. The van der Waals surface area contributed by atoms with E-state index in [0.717, 1.165) is 0 Å². The van der Waals surface area contributed by atoms with Crippen molar-refractivity contribution in [1.29, 1.82) is 0 Å². The zero-order chi connectivity index (χ0) is 7.56. The molecule has 6 heteroatoms. The van der Waals surface area contributed by atoms with E-state index in [0.29, 0.717) is 6.29 Å². The summed E-state index contributed by atoms with van der Waals surface area (Å²) in [4.78, 5) is 13.0. The molecule has 0 aromatic carbocycles. The number of nitrogens with one attached hydrogen (secondary N) is 1. The van der Waals surface area contributed by atoms with Crippen LogP contribution in [0.15, 0.2) is 0 Å². The van der Waals surface area contributed by atoms with E-state index < -0.39 is 12.2 Å². The maximum Gasteiger partial charge on any atom is 0.299 e. The van der Waals surface area contributed by atoms with E-state index >= 15 is 0 Å². The fraction of sp³-hybridized carbons (Fsp3) is 0.250. The van der Waals surface area contributed by atoms with Crippen molar-refractivity contribution >= 4 is 6.29 Å². The molecule has 1 rings (SSSR count). The van der Waals surface area contributed by atoms with Gasteiger partial charge in [-0.3, -0.25) is 9.89 Å². The molecule has 0 bridgehead atoms. The summed E-state index contributed by atoms with van der Waals surface area (Å²) < 4.78 is 23.3. The predicted molar refractivity (Wildman–Crippen MR) is 26.7 cm³/mol. The van der Waals surface area contributed by atoms with Crippen LogP contribution in [0.25, 0.3) is 0 Å². The Bertz CT molecular complexity index is 234. The smallest absolute Gasteiger partial charge is 0.294 e. The second-order valence-corrected chi connectivity index (χ2v) is 1.50. The van der Waals surface area contributed by atoms with Gasteiger partial charge >= 0.3 is 0 Å². The summed E-state index contributed by atoms with van der Waals surface area (Å²) in [6.07, 6.45) is -2.41. The standard InChI is InChI=1S/C4H3F2N3O/c5-3(6)4-7-2(1-10)8-9-4/h1,3H,(H,7,8,9). The SMILES string of the molecule is O=Cc1nc(C(F)F)n[nH]1. The van der Waals surface area contributed by atoms with E-state index in [1.54, 1.807) is 0 Å². The lowest BCUT2D eigenvalue weighted by Crippen LogP contribution is -1.86. The highest BCUT2D eigenvalue weighted by Crippen LogP contribution is 2.11. The third-order valence-corrected chi connectivity index (χ3v) is 0.827. The summed E-state index contributed by atoms with van der Waals surface area (Å²) in [5, 5.41) is 5.10. The molecule has 0 aliphatic carbocycles. The number of nitrogens with zero attached hydrogens (tertiary/aromatic N) is 2. The zero-order valence-corrected chi connectivity index (χ0v) is 4.71. The monoisotopic (exact) mass is 147 g/mol. The van der Waals surface area contributed by atoms with Crippen LogP contribution in [0.3, 0.4) is 0 Å². The summed E-state index contributed by atoms with van der Waals surface area (Å²) in [6.45, 7) is 0. The van der Waals surface area contributed by atoms with Crippen LogP contribution in [0.5, 0.6) is 0 Å². The van der Waals surface area contributed by atoms with Crippen LogP contribution in [-0.4, -0.2) is 21.5 Å². The number of aldehydes is 1. The number of halogens is 2. The van der Waals surface area contributed by atoms with Crippen molar-refractivity contribution in [3.63, 3.8) is 0 Å². The van der Waals surface area contributed by atoms with Gasteiger partial charge < -0.3 is 0 Å². The minimum absolute atomic E-state index is 0.185. The van der Waals surface area contributed by atoms with Gasteiger partial charge in [0.25, 0.3) is 6.43 Å². The van der Waals surface area contributed by atoms with Gasteiger partial charge in [0.1, 0.15) is 0 Å². The number of aromatic amines is 1. The second-order valence-electron chi connectivity index (χ2n) is 1.50. The van der Waals surface area contributed by atoms with Crippen molar-refractivity contribution in [1.82, 2.24) is 15.2 Å². The first kappa shape index (κ1) is 6.79. The molecule has 0 aliphatic rings.